The van der Waals surface area contributed by atoms with Gasteiger partial charge < -0.3 is 10.4 Å². The minimum absolute atomic E-state index is 0.242. The van der Waals surface area contributed by atoms with Crippen LogP contribution in [0.25, 0.3) is 0 Å². The third-order valence-corrected chi connectivity index (χ3v) is 4.56. The first-order valence-corrected chi connectivity index (χ1v) is 9.29. The number of rotatable bonds is 9. The van der Waals surface area contributed by atoms with Gasteiger partial charge in [0.25, 0.3) is 0 Å². The van der Waals surface area contributed by atoms with Gasteiger partial charge in [0.05, 0.1) is 5.75 Å². The first kappa shape index (κ1) is 18.2. The zero-order chi connectivity index (χ0) is 15.7. The molecule has 2 N–H and O–H groups in total. The fourth-order valence-electron chi connectivity index (χ4n) is 1.57. The van der Waals surface area contributed by atoms with Gasteiger partial charge in [0, 0.05) is 10.8 Å². The van der Waals surface area contributed by atoms with Crippen molar-refractivity contribution in [3.63, 3.8) is 0 Å². The Morgan fingerprint density at radius 1 is 1.33 bits per heavy atom. The summed E-state index contributed by atoms with van der Waals surface area (Å²) < 4.78 is 0. The summed E-state index contributed by atoms with van der Waals surface area (Å²) in [7, 11) is 0. The highest BCUT2D eigenvalue weighted by Gasteiger charge is 2.18. The quantitative estimate of drug-likeness (QED) is 0.719. The fourth-order valence-corrected chi connectivity index (χ4v) is 2.97. The number of carbonyl (C=O) groups excluding carboxylic acids is 1. The van der Waals surface area contributed by atoms with E-state index in [0.29, 0.717) is 22.9 Å². The maximum absolute atomic E-state index is 11.7. The van der Waals surface area contributed by atoms with Crippen LogP contribution in [0.1, 0.15) is 12.0 Å². The van der Waals surface area contributed by atoms with Crippen molar-refractivity contribution in [2.24, 2.45) is 0 Å². The summed E-state index contributed by atoms with van der Waals surface area (Å²) in [5, 5.41) is 12.3. The van der Waals surface area contributed by atoms with Crippen molar-refractivity contribution in [2.75, 3.05) is 17.8 Å². The van der Waals surface area contributed by atoms with Crippen LogP contribution < -0.4 is 5.32 Å². The molecule has 0 aliphatic carbocycles. The average molecular weight is 348 g/mol. The Kier molecular flexibility index (Phi) is 8.64. The summed E-state index contributed by atoms with van der Waals surface area (Å²) in [4.78, 5) is 22.8. The van der Waals surface area contributed by atoms with E-state index in [4.69, 9.17) is 16.7 Å². The van der Waals surface area contributed by atoms with Gasteiger partial charge in [0.1, 0.15) is 6.04 Å². The molecule has 0 aliphatic rings. The molecule has 0 heterocycles. The van der Waals surface area contributed by atoms with E-state index < -0.39 is 12.0 Å². The van der Waals surface area contributed by atoms with E-state index in [0.717, 1.165) is 5.56 Å². The lowest BCUT2D eigenvalue weighted by Crippen LogP contribution is -2.42. The second-order valence-corrected chi connectivity index (χ2v) is 6.77. The fraction of sp³-hybridized carbons (Fsp3) is 0.429. The molecule has 0 saturated carbocycles. The summed E-state index contributed by atoms with van der Waals surface area (Å²) in [6.07, 6.45) is 2.34. The third-order valence-electron chi connectivity index (χ3n) is 2.66. The maximum atomic E-state index is 11.7. The highest BCUT2D eigenvalue weighted by atomic mass is 35.5. The smallest absolute Gasteiger partial charge is 0.326 e. The van der Waals surface area contributed by atoms with E-state index >= 15 is 0 Å². The van der Waals surface area contributed by atoms with Gasteiger partial charge in [-0.3, -0.25) is 4.79 Å². The summed E-state index contributed by atoms with van der Waals surface area (Å²) in [5.74, 6) is 0.399. The number of amides is 1. The molecule has 0 aliphatic heterocycles. The van der Waals surface area contributed by atoms with Crippen molar-refractivity contribution in [2.45, 2.75) is 18.2 Å². The highest BCUT2D eigenvalue weighted by molar-refractivity contribution is 7.99. The number of thioether (sulfide) groups is 2. The molecule has 0 fully saturated rings. The van der Waals surface area contributed by atoms with Crippen molar-refractivity contribution in [3.05, 3.63) is 34.9 Å². The van der Waals surface area contributed by atoms with Crippen LogP contribution in [0.2, 0.25) is 5.02 Å². The molecule has 1 amide bonds. The van der Waals surface area contributed by atoms with Gasteiger partial charge in [-0.25, -0.2) is 4.79 Å². The van der Waals surface area contributed by atoms with E-state index in [1.807, 2.05) is 18.4 Å². The normalized spacial score (nSPS) is 11.9. The van der Waals surface area contributed by atoms with Crippen LogP contribution >= 0.6 is 35.1 Å². The Balaban J connectivity index is 2.32. The molecule has 0 unspecified atom stereocenters. The number of benzene rings is 1. The number of aliphatic carboxylic acids is 1. The molecule has 21 heavy (non-hydrogen) atoms. The zero-order valence-corrected chi connectivity index (χ0v) is 14.1. The van der Waals surface area contributed by atoms with Gasteiger partial charge in [-0.15, -0.1) is 11.8 Å². The van der Waals surface area contributed by atoms with Crippen molar-refractivity contribution in [3.8, 4) is 0 Å². The number of carboxylic acids is 1. The predicted molar refractivity (Wildman–Crippen MR) is 90.2 cm³/mol. The molecule has 0 aromatic heterocycles. The molecule has 1 aromatic rings. The average Bonchev–Trinajstić information content (AvgIpc) is 2.45. The second-order valence-electron chi connectivity index (χ2n) is 4.36. The number of nitrogens with one attached hydrogen (secondary N) is 1. The standard InChI is InChI=1S/C14H18ClNO3S2/c1-20-7-6-12(14(18)19)16-13(17)9-21-8-10-2-4-11(15)5-3-10/h2-5,12H,6-9H2,1H3,(H,16,17)(H,18,19)/t12-/m1/s1. The molecule has 1 rings (SSSR count). The van der Waals surface area contributed by atoms with E-state index in [1.165, 1.54) is 11.8 Å². The molecular weight excluding hydrogens is 330 g/mol. The van der Waals surface area contributed by atoms with Crippen molar-refractivity contribution in [1.82, 2.24) is 5.32 Å². The minimum Gasteiger partial charge on any atom is -0.480 e. The van der Waals surface area contributed by atoms with Crippen LogP contribution in [0.5, 0.6) is 0 Å². The lowest BCUT2D eigenvalue weighted by Gasteiger charge is -2.13. The Labute approximate surface area is 138 Å². The monoisotopic (exact) mass is 347 g/mol. The molecule has 4 nitrogen and oxygen atoms in total. The topological polar surface area (TPSA) is 66.4 Å². The lowest BCUT2D eigenvalue weighted by molar-refractivity contribution is -0.141. The largest absolute Gasteiger partial charge is 0.480 e. The SMILES string of the molecule is CSCC[C@@H](NC(=O)CSCc1ccc(Cl)cc1)C(=O)O. The van der Waals surface area contributed by atoms with Crippen LogP contribution in [-0.4, -0.2) is 40.8 Å². The summed E-state index contributed by atoms with van der Waals surface area (Å²) >= 11 is 8.80. The van der Waals surface area contributed by atoms with Gasteiger partial charge in [0.15, 0.2) is 0 Å². The van der Waals surface area contributed by atoms with E-state index in [2.05, 4.69) is 5.32 Å². The Bertz CT molecular complexity index is 468. The molecule has 1 aromatic carbocycles. The van der Waals surface area contributed by atoms with Crippen LogP contribution in [0, 0.1) is 0 Å². The van der Waals surface area contributed by atoms with Gasteiger partial charge in [-0.1, -0.05) is 23.7 Å². The van der Waals surface area contributed by atoms with Gasteiger partial charge in [-0.2, -0.15) is 11.8 Å². The number of carbonyl (C=O) groups is 2. The lowest BCUT2D eigenvalue weighted by atomic mass is 10.2. The Morgan fingerprint density at radius 3 is 2.57 bits per heavy atom. The van der Waals surface area contributed by atoms with Crippen LogP contribution in [0.3, 0.4) is 0 Å². The summed E-state index contributed by atoms with van der Waals surface area (Å²) in [5.41, 5.74) is 1.08. The van der Waals surface area contributed by atoms with Gasteiger partial charge in [-0.05, 0) is 36.1 Å². The minimum atomic E-state index is -0.986. The zero-order valence-electron chi connectivity index (χ0n) is 11.7. The first-order chi connectivity index (χ1) is 10.0. The molecule has 116 valence electrons. The van der Waals surface area contributed by atoms with Gasteiger partial charge in [0.2, 0.25) is 5.91 Å². The molecule has 0 bridgehead atoms. The molecule has 7 heteroatoms. The third kappa shape index (κ3) is 7.64. The number of hydrogen-bond acceptors (Lipinski definition) is 4. The van der Waals surface area contributed by atoms with Crippen molar-refractivity contribution >= 4 is 47.0 Å². The van der Waals surface area contributed by atoms with E-state index in [-0.39, 0.29) is 11.7 Å². The van der Waals surface area contributed by atoms with E-state index in [1.54, 1.807) is 23.9 Å². The van der Waals surface area contributed by atoms with Crippen LogP contribution in [-0.2, 0) is 15.3 Å². The first-order valence-electron chi connectivity index (χ1n) is 6.36. The second kappa shape index (κ2) is 9.97. The van der Waals surface area contributed by atoms with Gasteiger partial charge >= 0.3 is 5.97 Å². The summed E-state index contributed by atoms with van der Waals surface area (Å²) in [6.45, 7) is 0. The molecule has 0 radical (unpaired) electrons. The molecule has 1 atom stereocenters. The molecule has 0 saturated heterocycles. The van der Waals surface area contributed by atoms with Crippen LogP contribution in [0.4, 0.5) is 0 Å². The maximum Gasteiger partial charge on any atom is 0.326 e. The molecular formula is C14H18ClNO3S2. The van der Waals surface area contributed by atoms with Crippen LogP contribution in [0.15, 0.2) is 24.3 Å². The number of hydrogen-bond donors (Lipinski definition) is 2. The number of halogens is 1. The summed E-state index contributed by atoms with van der Waals surface area (Å²) in [6, 6.07) is 6.62. The van der Waals surface area contributed by atoms with Crippen molar-refractivity contribution < 1.29 is 14.7 Å². The van der Waals surface area contributed by atoms with Crippen molar-refractivity contribution in [1.29, 1.82) is 0 Å². The Hall–Kier alpha value is -0.850. The predicted octanol–water partition coefficient (Wildman–Crippen LogP) is 2.90. The van der Waals surface area contributed by atoms with E-state index in [9.17, 15) is 9.59 Å². The highest BCUT2D eigenvalue weighted by Crippen LogP contribution is 2.15. The number of carboxylic acid groups (broad SMARTS) is 1. The molecule has 0 spiro atoms. The Morgan fingerprint density at radius 2 is 2.00 bits per heavy atom.